The summed E-state index contributed by atoms with van der Waals surface area (Å²) in [5.74, 6) is 1.59. The summed E-state index contributed by atoms with van der Waals surface area (Å²) in [6.45, 7) is 4.33. The van der Waals surface area contributed by atoms with Crippen molar-refractivity contribution < 1.29 is 4.74 Å². The van der Waals surface area contributed by atoms with Crippen molar-refractivity contribution >= 4 is 11.4 Å². The number of hydrogen-bond donors (Lipinski definition) is 1. The van der Waals surface area contributed by atoms with Crippen LogP contribution in [0.5, 0.6) is 5.75 Å². The molecule has 0 saturated carbocycles. The zero-order valence-electron chi connectivity index (χ0n) is 9.58. The lowest BCUT2D eigenvalue weighted by Gasteiger charge is -2.22. The van der Waals surface area contributed by atoms with Crippen molar-refractivity contribution in [2.45, 2.75) is 6.92 Å². The van der Waals surface area contributed by atoms with Gasteiger partial charge in [-0.1, -0.05) is 13.0 Å². The van der Waals surface area contributed by atoms with Crippen LogP contribution in [-0.4, -0.2) is 27.2 Å². The van der Waals surface area contributed by atoms with E-state index in [-0.39, 0.29) is 0 Å². The minimum atomic E-state index is 0.645. The van der Waals surface area contributed by atoms with Gasteiger partial charge in [0.25, 0.3) is 0 Å². The Kier molecular flexibility index (Phi) is 2.71. The molecule has 1 aromatic carbocycles. The zero-order valence-corrected chi connectivity index (χ0v) is 9.58. The van der Waals surface area contributed by atoms with Crippen LogP contribution in [-0.2, 0) is 0 Å². The first-order valence-corrected chi connectivity index (χ1v) is 5.34. The molecule has 0 fully saturated rings. The molecular weight excluding hydrogens is 188 g/mol. The highest BCUT2D eigenvalue weighted by atomic mass is 16.5. The number of nitrogens with zero attached hydrogens (tertiary/aromatic N) is 1. The molecule has 1 atom stereocenters. The number of anilines is 2. The molecule has 1 heterocycles. The number of methoxy groups -OCH3 is 1. The molecule has 0 aliphatic carbocycles. The molecule has 0 amide bonds. The van der Waals surface area contributed by atoms with E-state index < -0.39 is 0 Å². The Morgan fingerprint density at radius 1 is 1.47 bits per heavy atom. The Balaban J connectivity index is 2.44. The number of rotatable bonds is 1. The highest BCUT2D eigenvalue weighted by molar-refractivity contribution is 5.77. The van der Waals surface area contributed by atoms with Gasteiger partial charge in [-0.25, -0.2) is 0 Å². The highest BCUT2D eigenvalue weighted by Crippen LogP contribution is 2.37. The number of fused-ring (bicyclic) bond motifs is 1. The first-order chi connectivity index (χ1) is 7.22. The van der Waals surface area contributed by atoms with Gasteiger partial charge in [-0.15, -0.1) is 0 Å². The molecule has 0 bridgehead atoms. The molecule has 1 unspecified atom stereocenters. The third kappa shape index (κ3) is 1.87. The largest absolute Gasteiger partial charge is 0.495 e. The SMILES string of the molecule is COc1cccc2c1N(C)CC(C)CN2. The van der Waals surface area contributed by atoms with E-state index in [0.29, 0.717) is 5.92 Å². The molecule has 1 N–H and O–H groups in total. The summed E-state index contributed by atoms with van der Waals surface area (Å²) in [4.78, 5) is 2.26. The van der Waals surface area contributed by atoms with Crippen LogP contribution in [0, 0.1) is 5.92 Å². The van der Waals surface area contributed by atoms with Gasteiger partial charge in [0, 0.05) is 20.1 Å². The summed E-state index contributed by atoms with van der Waals surface area (Å²) < 4.78 is 5.39. The van der Waals surface area contributed by atoms with E-state index in [1.54, 1.807) is 7.11 Å². The van der Waals surface area contributed by atoms with Crippen LogP contribution in [0.3, 0.4) is 0 Å². The number of ether oxygens (including phenoxy) is 1. The number of para-hydroxylation sites is 1. The molecule has 2 rings (SSSR count). The number of nitrogens with one attached hydrogen (secondary N) is 1. The highest BCUT2D eigenvalue weighted by Gasteiger charge is 2.19. The Hall–Kier alpha value is -1.38. The van der Waals surface area contributed by atoms with Gasteiger partial charge in [0.2, 0.25) is 0 Å². The molecule has 0 spiro atoms. The fourth-order valence-electron chi connectivity index (χ4n) is 2.13. The van der Waals surface area contributed by atoms with Crippen LogP contribution >= 0.6 is 0 Å². The molecular formula is C12H18N2O. The fourth-order valence-corrected chi connectivity index (χ4v) is 2.13. The summed E-state index contributed by atoms with van der Waals surface area (Å²) in [5, 5.41) is 3.46. The number of benzene rings is 1. The standard InChI is InChI=1S/C12H18N2O/c1-9-7-13-10-5-4-6-11(15-3)12(10)14(2)8-9/h4-6,9,13H,7-8H2,1-3H3. The molecule has 3 nitrogen and oxygen atoms in total. The van der Waals surface area contributed by atoms with Crippen LogP contribution in [0.2, 0.25) is 0 Å². The van der Waals surface area contributed by atoms with Gasteiger partial charge < -0.3 is 15.0 Å². The molecule has 1 aromatic rings. The Labute approximate surface area is 91.0 Å². The van der Waals surface area contributed by atoms with Gasteiger partial charge in [-0.2, -0.15) is 0 Å². The number of hydrogen-bond acceptors (Lipinski definition) is 3. The maximum absolute atomic E-state index is 5.39. The van der Waals surface area contributed by atoms with Crippen molar-refractivity contribution in [2.75, 3.05) is 37.5 Å². The van der Waals surface area contributed by atoms with Crippen LogP contribution < -0.4 is 15.0 Å². The first kappa shape index (κ1) is 10.1. The summed E-state index contributed by atoms with van der Waals surface area (Å²) in [6, 6.07) is 6.13. The average Bonchev–Trinajstić information content (AvgIpc) is 2.38. The molecule has 0 aromatic heterocycles. The van der Waals surface area contributed by atoms with Crippen LogP contribution in [0.4, 0.5) is 11.4 Å². The van der Waals surface area contributed by atoms with Gasteiger partial charge in [0.15, 0.2) is 0 Å². The predicted molar refractivity (Wildman–Crippen MR) is 63.9 cm³/mol. The first-order valence-electron chi connectivity index (χ1n) is 5.34. The minimum Gasteiger partial charge on any atom is -0.495 e. The summed E-state index contributed by atoms with van der Waals surface area (Å²) in [7, 11) is 3.84. The predicted octanol–water partition coefficient (Wildman–Crippen LogP) is 2.19. The molecule has 0 saturated heterocycles. The second-order valence-electron chi connectivity index (χ2n) is 4.22. The maximum atomic E-state index is 5.39. The van der Waals surface area contributed by atoms with E-state index in [1.165, 1.54) is 11.4 Å². The van der Waals surface area contributed by atoms with Crippen molar-refractivity contribution in [1.29, 1.82) is 0 Å². The molecule has 1 aliphatic rings. The summed E-state index contributed by atoms with van der Waals surface area (Å²) in [5.41, 5.74) is 2.34. The monoisotopic (exact) mass is 206 g/mol. The minimum absolute atomic E-state index is 0.645. The Morgan fingerprint density at radius 2 is 2.27 bits per heavy atom. The molecule has 15 heavy (non-hydrogen) atoms. The van der Waals surface area contributed by atoms with E-state index in [2.05, 4.69) is 30.3 Å². The fraction of sp³-hybridized carbons (Fsp3) is 0.500. The van der Waals surface area contributed by atoms with E-state index in [4.69, 9.17) is 4.74 Å². The van der Waals surface area contributed by atoms with Crippen molar-refractivity contribution in [3.63, 3.8) is 0 Å². The lowest BCUT2D eigenvalue weighted by Crippen LogP contribution is -2.24. The van der Waals surface area contributed by atoms with Crippen molar-refractivity contribution in [2.24, 2.45) is 5.92 Å². The molecule has 1 aliphatic heterocycles. The third-order valence-corrected chi connectivity index (χ3v) is 2.83. The topological polar surface area (TPSA) is 24.5 Å². The van der Waals surface area contributed by atoms with E-state index in [1.807, 2.05) is 12.1 Å². The van der Waals surface area contributed by atoms with Crippen molar-refractivity contribution in [1.82, 2.24) is 0 Å². The summed E-state index contributed by atoms with van der Waals surface area (Å²) in [6.07, 6.45) is 0. The molecule has 0 radical (unpaired) electrons. The van der Waals surface area contributed by atoms with E-state index in [0.717, 1.165) is 18.8 Å². The van der Waals surface area contributed by atoms with E-state index in [9.17, 15) is 0 Å². The third-order valence-electron chi connectivity index (χ3n) is 2.83. The van der Waals surface area contributed by atoms with Gasteiger partial charge in [0.05, 0.1) is 12.8 Å². The van der Waals surface area contributed by atoms with Gasteiger partial charge >= 0.3 is 0 Å². The van der Waals surface area contributed by atoms with Crippen LogP contribution in [0.25, 0.3) is 0 Å². The smallest absolute Gasteiger partial charge is 0.144 e. The second-order valence-corrected chi connectivity index (χ2v) is 4.22. The zero-order chi connectivity index (χ0) is 10.8. The normalized spacial score (nSPS) is 20.2. The van der Waals surface area contributed by atoms with Crippen LogP contribution in [0.1, 0.15) is 6.92 Å². The molecule has 82 valence electrons. The van der Waals surface area contributed by atoms with Crippen molar-refractivity contribution in [3.05, 3.63) is 18.2 Å². The quantitative estimate of drug-likeness (QED) is 0.762. The van der Waals surface area contributed by atoms with Crippen LogP contribution in [0.15, 0.2) is 18.2 Å². The second kappa shape index (κ2) is 4.01. The lowest BCUT2D eigenvalue weighted by atomic mass is 10.2. The van der Waals surface area contributed by atoms with Gasteiger partial charge in [-0.05, 0) is 18.1 Å². The Morgan fingerprint density at radius 3 is 3.00 bits per heavy atom. The van der Waals surface area contributed by atoms with Gasteiger partial charge in [0.1, 0.15) is 11.4 Å². The van der Waals surface area contributed by atoms with Gasteiger partial charge in [-0.3, -0.25) is 0 Å². The summed E-state index contributed by atoms with van der Waals surface area (Å²) >= 11 is 0. The average molecular weight is 206 g/mol. The Bertz CT molecular complexity index is 351. The molecule has 3 heteroatoms. The lowest BCUT2D eigenvalue weighted by molar-refractivity contribution is 0.415. The maximum Gasteiger partial charge on any atom is 0.144 e. The van der Waals surface area contributed by atoms with E-state index >= 15 is 0 Å². The van der Waals surface area contributed by atoms with Crippen molar-refractivity contribution in [3.8, 4) is 5.75 Å².